The lowest BCUT2D eigenvalue weighted by molar-refractivity contribution is -0.143. The molecule has 0 fully saturated rings. The number of benzene rings is 1. The van der Waals surface area contributed by atoms with E-state index in [2.05, 4.69) is 5.32 Å². The van der Waals surface area contributed by atoms with Crippen molar-refractivity contribution in [1.29, 1.82) is 0 Å². The van der Waals surface area contributed by atoms with Crippen LogP contribution < -0.4 is 5.32 Å². The fraction of sp³-hybridized carbons (Fsp3) is 0.462. The van der Waals surface area contributed by atoms with E-state index in [4.69, 9.17) is 5.11 Å². The maximum Gasteiger partial charge on any atom is 0.308 e. The van der Waals surface area contributed by atoms with Crippen molar-refractivity contribution in [3.05, 3.63) is 35.4 Å². The van der Waals surface area contributed by atoms with E-state index in [1.165, 1.54) is 12.1 Å². The molecule has 0 aromatic heterocycles. The zero-order valence-electron chi connectivity index (χ0n) is 10.4. The number of nitrogens with one attached hydrogen (secondary N) is 1. The lowest BCUT2D eigenvalue weighted by Crippen LogP contribution is -2.31. The first-order chi connectivity index (χ1) is 8.41. The van der Waals surface area contributed by atoms with Crippen molar-refractivity contribution in [1.82, 2.24) is 5.32 Å². The summed E-state index contributed by atoms with van der Waals surface area (Å²) in [7, 11) is 0. The molecule has 5 heteroatoms. The SMILES string of the molecule is CC(C)C(CNCc1ccc(F)cc1F)C(=O)O. The van der Waals surface area contributed by atoms with Gasteiger partial charge in [-0.1, -0.05) is 19.9 Å². The number of hydrogen-bond acceptors (Lipinski definition) is 2. The Kier molecular flexibility index (Phi) is 5.22. The summed E-state index contributed by atoms with van der Waals surface area (Å²) >= 11 is 0. The molecule has 1 atom stereocenters. The Labute approximate surface area is 105 Å². The van der Waals surface area contributed by atoms with E-state index < -0.39 is 23.5 Å². The Morgan fingerprint density at radius 1 is 1.39 bits per heavy atom. The first-order valence-electron chi connectivity index (χ1n) is 5.79. The van der Waals surface area contributed by atoms with Crippen molar-refractivity contribution >= 4 is 5.97 Å². The Bertz CT molecular complexity index is 421. The quantitative estimate of drug-likeness (QED) is 0.822. The first kappa shape index (κ1) is 14.6. The van der Waals surface area contributed by atoms with Gasteiger partial charge in [-0.25, -0.2) is 8.78 Å². The summed E-state index contributed by atoms with van der Waals surface area (Å²) < 4.78 is 26.0. The molecule has 100 valence electrons. The van der Waals surface area contributed by atoms with Crippen molar-refractivity contribution in [3.63, 3.8) is 0 Å². The number of hydrogen-bond donors (Lipinski definition) is 2. The van der Waals surface area contributed by atoms with E-state index in [0.717, 1.165) is 6.07 Å². The molecule has 1 rings (SSSR count). The summed E-state index contributed by atoms with van der Waals surface area (Å²) in [5, 5.41) is 11.8. The molecule has 1 aromatic rings. The van der Waals surface area contributed by atoms with Gasteiger partial charge in [-0.2, -0.15) is 0 Å². The molecule has 0 aliphatic rings. The van der Waals surface area contributed by atoms with Gasteiger partial charge >= 0.3 is 5.97 Å². The molecular formula is C13H17F2NO2. The molecule has 0 heterocycles. The van der Waals surface area contributed by atoms with Gasteiger partial charge in [0.1, 0.15) is 11.6 Å². The van der Waals surface area contributed by atoms with Gasteiger partial charge in [-0.05, 0) is 12.0 Å². The molecule has 0 saturated heterocycles. The summed E-state index contributed by atoms with van der Waals surface area (Å²) in [4.78, 5) is 10.9. The van der Waals surface area contributed by atoms with Crippen molar-refractivity contribution < 1.29 is 18.7 Å². The van der Waals surface area contributed by atoms with Crippen LogP contribution in [0.4, 0.5) is 8.78 Å². The summed E-state index contributed by atoms with van der Waals surface area (Å²) in [5.41, 5.74) is 0.323. The van der Waals surface area contributed by atoms with Crippen LogP contribution in [0.3, 0.4) is 0 Å². The van der Waals surface area contributed by atoms with Gasteiger partial charge in [-0.3, -0.25) is 4.79 Å². The van der Waals surface area contributed by atoms with Crippen molar-refractivity contribution in [2.45, 2.75) is 20.4 Å². The molecule has 1 aromatic carbocycles. The smallest absolute Gasteiger partial charge is 0.308 e. The molecule has 0 radical (unpaired) electrons. The highest BCUT2D eigenvalue weighted by Crippen LogP contribution is 2.12. The van der Waals surface area contributed by atoms with Gasteiger partial charge in [0.25, 0.3) is 0 Å². The second-order valence-electron chi connectivity index (χ2n) is 4.56. The maximum atomic E-state index is 13.3. The standard InChI is InChI=1S/C13H17F2NO2/c1-8(2)11(13(17)18)7-16-6-9-3-4-10(14)5-12(9)15/h3-5,8,11,16H,6-7H2,1-2H3,(H,17,18). The molecule has 0 saturated carbocycles. The Morgan fingerprint density at radius 2 is 2.06 bits per heavy atom. The maximum absolute atomic E-state index is 13.3. The van der Waals surface area contributed by atoms with Crippen molar-refractivity contribution in [3.8, 4) is 0 Å². The molecule has 0 bridgehead atoms. The fourth-order valence-electron chi connectivity index (χ4n) is 1.64. The van der Waals surface area contributed by atoms with Crippen LogP contribution in [0.15, 0.2) is 18.2 Å². The van der Waals surface area contributed by atoms with Crippen LogP contribution >= 0.6 is 0 Å². The average Bonchev–Trinajstić information content (AvgIpc) is 2.25. The third kappa shape index (κ3) is 4.07. The molecule has 3 nitrogen and oxygen atoms in total. The van der Waals surface area contributed by atoms with E-state index in [0.29, 0.717) is 5.56 Å². The number of rotatable bonds is 6. The number of carboxylic acid groups (broad SMARTS) is 1. The Balaban J connectivity index is 2.53. The van der Waals surface area contributed by atoms with Crippen LogP contribution in [-0.2, 0) is 11.3 Å². The number of aliphatic carboxylic acids is 1. The summed E-state index contributed by atoms with van der Waals surface area (Å²) in [6.45, 7) is 4.07. The highest BCUT2D eigenvalue weighted by molar-refractivity contribution is 5.70. The van der Waals surface area contributed by atoms with E-state index in [1.54, 1.807) is 0 Å². The lowest BCUT2D eigenvalue weighted by atomic mass is 9.96. The minimum absolute atomic E-state index is 0.00642. The molecule has 2 N–H and O–H groups in total. The molecule has 1 unspecified atom stereocenters. The van der Waals surface area contributed by atoms with Gasteiger partial charge in [0.05, 0.1) is 5.92 Å². The third-order valence-electron chi connectivity index (χ3n) is 2.82. The van der Waals surface area contributed by atoms with E-state index in [-0.39, 0.29) is 19.0 Å². The topological polar surface area (TPSA) is 49.3 Å². The van der Waals surface area contributed by atoms with Crippen LogP contribution in [0.1, 0.15) is 19.4 Å². The second kappa shape index (κ2) is 6.44. The Hall–Kier alpha value is -1.49. The van der Waals surface area contributed by atoms with Gasteiger partial charge in [0, 0.05) is 24.7 Å². The summed E-state index contributed by atoms with van der Waals surface area (Å²) in [6.07, 6.45) is 0. The minimum Gasteiger partial charge on any atom is -0.481 e. The predicted octanol–water partition coefficient (Wildman–Crippen LogP) is 2.41. The van der Waals surface area contributed by atoms with Crippen molar-refractivity contribution in [2.24, 2.45) is 11.8 Å². The molecule has 0 aliphatic carbocycles. The number of carboxylic acids is 1. The van der Waals surface area contributed by atoms with Crippen LogP contribution in [0.25, 0.3) is 0 Å². The van der Waals surface area contributed by atoms with Crippen LogP contribution in [0.5, 0.6) is 0 Å². The summed E-state index contributed by atoms with van der Waals surface area (Å²) in [5.74, 6) is -2.65. The zero-order chi connectivity index (χ0) is 13.7. The summed E-state index contributed by atoms with van der Waals surface area (Å²) in [6, 6.07) is 3.34. The van der Waals surface area contributed by atoms with Gasteiger partial charge < -0.3 is 10.4 Å². The van der Waals surface area contributed by atoms with E-state index in [9.17, 15) is 13.6 Å². The van der Waals surface area contributed by atoms with E-state index in [1.807, 2.05) is 13.8 Å². The molecular weight excluding hydrogens is 240 g/mol. The third-order valence-corrected chi connectivity index (χ3v) is 2.82. The van der Waals surface area contributed by atoms with Gasteiger partial charge in [0.2, 0.25) is 0 Å². The van der Waals surface area contributed by atoms with Crippen LogP contribution in [-0.4, -0.2) is 17.6 Å². The predicted molar refractivity (Wildman–Crippen MR) is 64.0 cm³/mol. The fourth-order valence-corrected chi connectivity index (χ4v) is 1.64. The minimum atomic E-state index is -0.878. The molecule has 18 heavy (non-hydrogen) atoms. The first-order valence-corrected chi connectivity index (χ1v) is 5.79. The molecule has 0 spiro atoms. The second-order valence-corrected chi connectivity index (χ2v) is 4.56. The largest absolute Gasteiger partial charge is 0.481 e. The molecule has 0 amide bonds. The Morgan fingerprint density at radius 3 is 2.56 bits per heavy atom. The van der Waals surface area contributed by atoms with Crippen molar-refractivity contribution in [2.75, 3.05) is 6.54 Å². The van der Waals surface area contributed by atoms with Gasteiger partial charge in [0.15, 0.2) is 0 Å². The number of halogens is 2. The lowest BCUT2D eigenvalue weighted by Gasteiger charge is -2.16. The van der Waals surface area contributed by atoms with E-state index >= 15 is 0 Å². The normalized spacial score (nSPS) is 12.7. The van der Waals surface area contributed by atoms with Crippen LogP contribution in [0, 0.1) is 23.5 Å². The zero-order valence-corrected chi connectivity index (χ0v) is 10.4. The highest BCUT2D eigenvalue weighted by atomic mass is 19.1. The molecule has 0 aliphatic heterocycles. The monoisotopic (exact) mass is 257 g/mol. The van der Waals surface area contributed by atoms with Gasteiger partial charge in [-0.15, -0.1) is 0 Å². The average molecular weight is 257 g/mol. The van der Waals surface area contributed by atoms with Crippen LogP contribution in [0.2, 0.25) is 0 Å². The highest BCUT2D eigenvalue weighted by Gasteiger charge is 2.20. The number of carbonyl (C=O) groups is 1.